The second-order valence-corrected chi connectivity index (χ2v) is 6.27. The monoisotopic (exact) mass is 400 g/mol. The van der Waals surface area contributed by atoms with Crippen molar-refractivity contribution < 1.29 is 15.9 Å². The number of nitrogens with zero attached hydrogens (tertiary/aromatic N) is 3. The van der Waals surface area contributed by atoms with Crippen molar-refractivity contribution in [2.75, 3.05) is 13.1 Å². The van der Waals surface area contributed by atoms with Crippen LogP contribution < -0.4 is 16.8 Å². The van der Waals surface area contributed by atoms with E-state index in [2.05, 4.69) is 27.9 Å². The zero-order chi connectivity index (χ0) is 14.7. The van der Waals surface area contributed by atoms with Crippen LogP contribution in [-0.4, -0.2) is 31.4 Å². The molecule has 0 spiro atoms. The molecule has 6 nitrogen and oxygen atoms in total. The van der Waals surface area contributed by atoms with Gasteiger partial charge in [0, 0.05) is 12.0 Å². The standard InChI is InChI=1S/C5H12N3.C5H8N3.2ClH.Pd/c2*1-4-2-3-7-5(6)8-4;;;/h4-5,8H,2-3,6H2,1H3;2H,3H2,1H3,(H2-,6,7,8);2*1H;/q2*-1;;;+2/p-2. The minimum atomic E-state index is -0.112. The van der Waals surface area contributed by atoms with Gasteiger partial charge in [0.2, 0.25) is 0 Å². The van der Waals surface area contributed by atoms with Crippen molar-refractivity contribution in [2.24, 2.45) is 16.5 Å². The van der Waals surface area contributed by atoms with E-state index in [9.17, 15) is 0 Å². The Morgan fingerprint density at radius 1 is 1.53 bits per heavy atom. The first kappa shape index (κ1) is 19.1. The second-order valence-electron chi connectivity index (χ2n) is 3.91. The third-order valence-electron chi connectivity index (χ3n) is 2.27. The van der Waals surface area contributed by atoms with Gasteiger partial charge in [0.05, 0.1) is 0 Å². The van der Waals surface area contributed by atoms with Gasteiger partial charge in [0.15, 0.2) is 0 Å². The molecule has 0 amide bonds. The summed E-state index contributed by atoms with van der Waals surface area (Å²) in [6.07, 6.45) is 2.93. The number of nitrogens with two attached hydrogens (primary N) is 2. The molecule has 2 unspecified atom stereocenters. The molecule has 2 rings (SSSR count). The summed E-state index contributed by atoms with van der Waals surface area (Å²) in [4.78, 5) is 3.87. The molecule has 0 aromatic rings. The zero-order valence-corrected chi connectivity index (χ0v) is 14.0. The molecule has 9 heteroatoms. The van der Waals surface area contributed by atoms with Crippen LogP contribution >= 0.6 is 19.1 Å². The van der Waals surface area contributed by atoms with Crippen molar-refractivity contribution >= 4 is 25.0 Å². The van der Waals surface area contributed by atoms with Gasteiger partial charge in [-0.2, -0.15) is 0 Å². The van der Waals surface area contributed by atoms with Gasteiger partial charge in [-0.1, -0.05) is 12.5 Å². The van der Waals surface area contributed by atoms with Crippen LogP contribution in [0.4, 0.5) is 0 Å². The van der Waals surface area contributed by atoms with Crippen molar-refractivity contribution in [2.45, 2.75) is 32.6 Å². The molecule has 1 fully saturated rings. The van der Waals surface area contributed by atoms with Crippen LogP contribution in [0.25, 0.3) is 10.6 Å². The molecule has 0 aliphatic carbocycles. The van der Waals surface area contributed by atoms with E-state index in [1.54, 1.807) is 0 Å². The van der Waals surface area contributed by atoms with Gasteiger partial charge >= 0.3 is 35.0 Å². The fourth-order valence-electron chi connectivity index (χ4n) is 1.37. The average Bonchev–Trinajstić information content (AvgIpc) is 2.30. The Bertz CT molecular complexity index is 292. The Morgan fingerprint density at radius 2 is 2.16 bits per heavy atom. The van der Waals surface area contributed by atoms with Crippen LogP contribution in [0.2, 0.25) is 0 Å². The Morgan fingerprint density at radius 3 is 2.47 bits per heavy atom. The van der Waals surface area contributed by atoms with E-state index in [0.717, 1.165) is 18.7 Å². The summed E-state index contributed by atoms with van der Waals surface area (Å²) < 4.78 is 0. The maximum atomic E-state index is 5.45. The van der Waals surface area contributed by atoms with Gasteiger partial charge in [0.1, 0.15) is 0 Å². The van der Waals surface area contributed by atoms with Gasteiger partial charge in [-0.3, -0.25) is 0 Å². The number of guanidine groups is 1. The van der Waals surface area contributed by atoms with Crippen LogP contribution in [0.1, 0.15) is 20.3 Å². The maximum absolute atomic E-state index is 5.45. The molecule has 1 saturated heterocycles. The van der Waals surface area contributed by atoms with Crippen molar-refractivity contribution in [1.29, 1.82) is 0 Å². The van der Waals surface area contributed by atoms with E-state index in [-0.39, 0.29) is 22.2 Å². The van der Waals surface area contributed by atoms with Gasteiger partial charge < -0.3 is 32.4 Å². The summed E-state index contributed by atoms with van der Waals surface area (Å²) in [5, 5.41) is 11.0. The predicted octanol–water partition coefficient (Wildman–Crippen LogP) is 1.95. The molecular weight excluding hydrogens is 381 g/mol. The molecule has 0 saturated carbocycles. The number of allylic oxidation sites excluding steroid dienone is 1. The van der Waals surface area contributed by atoms with Crippen molar-refractivity contribution in [1.82, 2.24) is 5.32 Å². The van der Waals surface area contributed by atoms with E-state index in [4.69, 9.17) is 30.5 Å². The number of hydrogen-bond acceptors (Lipinski definition) is 4. The molecule has 5 N–H and O–H groups in total. The zero-order valence-electron chi connectivity index (χ0n) is 10.9. The van der Waals surface area contributed by atoms with E-state index in [1.165, 1.54) is 0 Å². The predicted molar refractivity (Wildman–Crippen MR) is 78.7 cm³/mol. The Hall–Kier alpha value is 0.132. The Labute approximate surface area is 130 Å². The number of rotatable bonds is 0. The van der Waals surface area contributed by atoms with Gasteiger partial charge in [0.25, 0.3) is 0 Å². The molecule has 2 heterocycles. The number of hydrogen-bond donors (Lipinski definition) is 3. The van der Waals surface area contributed by atoms with Gasteiger partial charge in [-0.15, -0.1) is 6.54 Å². The van der Waals surface area contributed by atoms with Crippen molar-refractivity contribution in [3.8, 4) is 0 Å². The number of halogens is 2. The summed E-state index contributed by atoms with van der Waals surface area (Å²) >= 11 is -0.106. The Kier molecular flexibility index (Phi) is 12.0. The molecule has 2 aliphatic heterocycles. The van der Waals surface area contributed by atoms with Crippen LogP contribution in [0.15, 0.2) is 16.8 Å². The average molecular weight is 402 g/mol. The molecule has 0 aromatic carbocycles. The molecule has 2 aliphatic rings. The number of aliphatic imine (C=N–C) groups is 1. The summed E-state index contributed by atoms with van der Waals surface area (Å²) in [6, 6.07) is 0.544. The van der Waals surface area contributed by atoms with Crippen LogP contribution in [0.3, 0.4) is 0 Å². The van der Waals surface area contributed by atoms with E-state index >= 15 is 0 Å². The molecule has 19 heavy (non-hydrogen) atoms. The first-order valence-electron chi connectivity index (χ1n) is 5.68. The van der Waals surface area contributed by atoms with E-state index in [0.29, 0.717) is 18.5 Å². The first-order chi connectivity index (χ1) is 8.99. The summed E-state index contributed by atoms with van der Waals surface area (Å²) in [5.74, 6) is 0.394. The van der Waals surface area contributed by atoms with Crippen LogP contribution in [-0.2, 0) is 15.9 Å². The van der Waals surface area contributed by atoms with Crippen molar-refractivity contribution in [3.05, 3.63) is 22.4 Å². The summed E-state index contributed by atoms with van der Waals surface area (Å²) in [7, 11) is 9.63. The van der Waals surface area contributed by atoms with Crippen LogP contribution in [0.5, 0.6) is 0 Å². The van der Waals surface area contributed by atoms with Crippen molar-refractivity contribution in [3.63, 3.8) is 0 Å². The van der Waals surface area contributed by atoms with Gasteiger partial charge in [-0.05, 0) is 32.4 Å². The van der Waals surface area contributed by atoms with E-state index in [1.807, 2.05) is 13.0 Å². The quantitative estimate of drug-likeness (QED) is 0.540. The first-order valence-corrected chi connectivity index (χ1v) is 9.69. The molecule has 2 atom stereocenters. The fourth-order valence-corrected chi connectivity index (χ4v) is 1.37. The molecule has 0 bridgehead atoms. The third-order valence-corrected chi connectivity index (χ3v) is 2.27. The van der Waals surface area contributed by atoms with Gasteiger partial charge in [-0.25, -0.2) is 0 Å². The summed E-state index contributed by atoms with van der Waals surface area (Å²) in [5.41, 5.74) is 11.7. The minimum absolute atomic E-state index is 0.106. The Balaban J connectivity index is 0.000000284. The topological polar surface area (TPSA) is 105 Å². The molecule has 0 aromatic heterocycles. The SMILES string of the molecule is CC1=CC[N-]C(N)=N1.CC1CC[N-]C(N)N1.[Cl][Pd][Cl]. The normalized spacial score (nSPS) is 25.7. The van der Waals surface area contributed by atoms with E-state index < -0.39 is 0 Å². The fraction of sp³-hybridized carbons (Fsp3) is 0.700. The summed E-state index contributed by atoms with van der Waals surface area (Å²) in [6.45, 7) is 5.62. The van der Waals surface area contributed by atoms with Crippen LogP contribution in [0, 0.1) is 0 Å². The molecule has 116 valence electrons. The molecule has 0 radical (unpaired) electrons. The third kappa shape index (κ3) is 11.6. The molecular formula is C10H20Cl2N6Pd-2. The number of nitrogens with one attached hydrogen (secondary N) is 1. The second kappa shape index (κ2) is 11.9.